The first-order chi connectivity index (χ1) is 9.20. The molecule has 0 aliphatic rings. The molecular weight excluding hydrogens is 262 g/mol. The third-order valence-electron chi connectivity index (χ3n) is 3.04. The van der Waals surface area contributed by atoms with E-state index in [0.29, 0.717) is 10.6 Å². The van der Waals surface area contributed by atoms with Crippen molar-refractivity contribution in [3.8, 4) is 0 Å². The van der Waals surface area contributed by atoms with Crippen molar-refractivity contribution in [2.45, 2.75) is 0 Å². The van der Waals surface area contributed by atoms with Gasteiger partial charge in [0.25, 0.3) is 0 Å². The number of methoxy groups -OCH3 is 1. The van der Waals surface area contributed by atoms with Crippen LogP contribution in [0.1, 0.15) is 10.4 Å². The Balaban J connectivity index is 2.36. The Hall–Kier alpha value is -2.13. The minimum Gasteiger partial charge on any atom is -0.465 e. The lowest BCUT2D eigenvalue weighted by Gasteiger charge is -2.06. The monoisotopic (exact) mass is 271 g/mol. The molecule has 0 fully saturated rings. The zero-order chi connectivity index (χ0) is 13.4. The fourth-order valence-electron chi connectivity index (χ4n) is 2.09. The number of nitrogens with zero attached hydrogens (tertiary/aromatic N) is 1. The van der Waals surface area contributed by atoms with Crippen LogP contribution in [0.15, 0.2) is 42.5 Å². The predicted octanol–water partition coefficient (Wildman–Crippen LogP) is 3.83. The van der Waals surface area contributed by atoms with Gasteiger partial charge < -0.3 is 4.74 Å². The first-order valence-corrected chi connectivity index (χ1v) is 6.15. The van der Waals surface area contributed by atoms with Crippen LogP contribution in [0, 0.1) is 0 Å². The molecule has 0 saturated carbocycles. The number of pyridine rings is 1. The number of halogens is 1. The number of aromatic nitrogens is 1. The Morgan fingerprint density at radius 2 is 1.84 bits per heavy atom. The van der Waals surface area contributed by atoms with Crippen LogP contribution in [0.25, 0.3) is 21.8 Å². The fourth-order valence-corrected chi connectivity index (χ4v) is 2.40. The Morgan fingerprint density at radius 3 is 2.63 bits per heavy atom. The molecule has 0 spiro atoms. The normalized spacial score (nSPS) is 10.8. The molecule has 0 N–H and O–H groups in total. The van der Waals surface area contributed by atoms with Gasteiger partial charge in [0, 0.05) is 10.8 Å². The van der Waals surface area contributed by atoms with Gasteiger partial charge >= 0.3 is 5.97 Å². The summed E-state index contributed by atoms with van der Waals surface area (Å²) in [7, 11) is 1.35. The summed E-state index contributed by atoms with van der Waals surface area (Å²) in [5.41, 5.74) is 2.07. The lowest BCUT2D eigenvalue weighted by molar-refractivity contribution is 0.0601. The lowest BCUT2D eigenvalue weighted by Crippen LogP contribution is -2.00. The molecular formula is C15H10ClNO2. The minimum absolute atomic E-state index is 0.383. The van der Waals surface area contributed by atoms with E-state index in [1.54, 1.807) is 18.2 Å². The highest BCUT2D eigenvalue weighted by Crippen LogP contribution is 2.30. The molecule has 0 bridgehead atoms. The molecule has 0 radical (unpaired) electrons. The van der Waals surface area contributed by atoms with Crippen molar-refractivity contribution < 1.29 is 9.53 Å². The zero-order valence-electron chi connectivity index (χ0n) is 10.2. The second-order valence-corrected chi connectivity index (χ2v) is 4.54. The van der Waals surface area contributed by atoms with Gasteiger partial charge in [-0.1, -0.05) is 29.8 Å². The van der Waals surface area contributed by atoms with Crippen LogP contribution in [0.3, 0.4) is 0 Å². The Kier molecular flexibility index (Phi) is 2.84. The fraction of sp³-hybridized carbons (Fsp3) is 0.0667. The highest BCUT2D eigenvalue weighted by Gasteiger charge is 2.11. The van der Waals surface area contributed by atoms with Crippen LogP contribution in [0.2, 0.25) is 5.02 Å². The predicted molar refractivity (Wildman–Crippen MR) is 75.6 cm³/mol. The van der Waals surface area contributed by atoms with Gasteiger partial charge in [0.2, 0.25) is 0 Å². The molecule has 94 valence electrons. The maximum Gasteiger partial charge on any atom is 0.337 e. The highest BCUT2D eigenvalue weighted by atomic mass is 35.5. The van der Waals surface area contributed by atoms with Gasteiger partial charge in [-0.3, -0.25) is 0 Å². The van der Waals surface area contributed by atoms with Gasteiger partial charge in [0.1, 0.15) is 0 Å². The van der Waals surface area contributed by atoms with Crippen molar-refractivity contribution in [1.82, 2.24) is 4.98 Å². The van der Waals surface area contributed by atoms with E-state index in [9.17, 15) is 4.79 Å². The first kappa shape index (κ1) is 11.9. The summed E-state index contributed by atoms with van der Waals surface area (Å²) in [4.78, 5) is 16.1. The number of para-hydroxylation sites is 1. The second kappa shape index (κ2) is 4.52. The summed E-state index contributed by atoms with van der Waals surface area (Å²) < 4.78 is 4.71. The molecule has 4 heteroatoms. The molecule has 2 aromatic carbocycles. The molecule has 3 nitrogen and oxygen atoms in total. The summed E-state index contributed by atoms with van der Waals surface area (Å²) >= 11 is 6.40. The SMILES string of the molecule is COC(=O)c1ccc2nc3ccccc3c(Cl)c2c1. The third-order valence-corrected chi connectivity index (χ3v) is 3.44. The van der Waals surface area contributed by atoms with Crippen LogP contribution in [0.4, 0.5) is 0 Å². The van der Waals surface area contributed by atoms with Crippen molar-refractivity contribution in [1.29, 1.82) is 0 Å². The molecule has 0 atom stereocenters. The quantitative estimate of drug-likeness (QED) is 0.499. The molecule has 3 rings (SSSR count). The number of fused-ring (bicyclic) bond motifs is 2. The number of carbonyl (C=O) groups is 1. The number of carbonyl (C=O) groups excluding carboxylic acids is 1. The van der Waals surface area contributed by atoms with E-state index < -0.39 is 0 Å². The number of hydrogen-bond donors (Lipinski definition) is 0. The third kappa shape index (κ3) is 1.92. The smallest absolute Gasteiger partial charge is 0.337 e. The van der Waals surface area contributed by atoms with Gasteiger partial charge in [0.05, 0.1) is 28.7 Å². The van der Waals surface area contributed by atoms with E-state index in [0.717, 1.165) is 21.8 Å². The van der Waals surface area contributed by atoms with E-state index in [2.05, 4.69) is 4.98 Å². The van der Waals surface area contributed by atoms with Crippen molar-refractivity contribution in [2.75, 3.05) is 7.11 Å². The largest absolute Gasteiger partial charge is 0.465 e. The van der Waals surface area contributed by atoms with Crippen molar-refractivity contribution in [3.63, 3.8) is 0 Å². The van der Waals surface area contributed by atoms with E-state index in [4.69, 9.17) is 16.3 Å². The summed E-state index contributed by atoms with van der Waals surface area (Å²) in [6.45, 7) is 0. The summed E-state index contributed by atoms with van der Waals surface area (Å²) in [6, 6.07) is 12.8. The standard InChI is InChI=1S/C15H10ClNO2/c1-19-15(18)9-6-7-13-11(8-9)14(16)10-4-2-3-5-12(10)17-13/h2-8H,1H3. The lowest BCUT2D eigenvalue weighted by atomic mass is 10.1. The average molecular weight is 272 g/mol. The number of benzene rings is 2. The van der Waals surface area contributed by atoms with Gasteiger partial charge in [-0.15, -0.1) is 0 Å². The summed E-state index contributed by atoms with van der Waals surface area (Å²) in [5.74, 6) is -0.383. The molecule has 0 saturated heterocycles. The zero-order valence-corrected chi connectivity index (χ0v) is 10.9. The topological polar surface area (TPSA) is 39.2 Å². The molecule has 1 aromatic heterocycles. The molecule has 0 unspecified atom stereocenters. The maximum absolute atomic E-state index is 11.5. The number of ether oxygens (including phenoxy) is 1. The molecule has 0 amide bonds. The Labute approximate surface area is 114 Å². The Morgan fingerprint density at radius 1 is 1.11 bits per heavy atom. The van der Waals surface area contributed by atoms with E-state index in [1.165, 1.54) is 7.11 Å². The van der Waals surface area contributed by atoms with Crippen LogP contribution in [0.5, 0.6) is 0 Å². The van der Waals surface area contributed by atoms with Crippen molar-refractivity contribution in [3.05, 3.63) is 53.1 Å². The van der Waals surface area contributed by atoms with E-state index in [1.807, 2.05) is 24.3 Å². The van der Waals surface area contributed by atoms with Gasteiger partial charge in [-0.05, 0) is 24.3 Å². The van der Waals surface area contributed by atoms with Crippen LogP contribution < -0.4 is 0 Å². The molecule has 3 aromatic rings. The number of rotatable bonds is 1. The highest BCUT2D eigenvalue weighted by molar-refractivity contribution is 6.40. The minimum atomic E-state index is -0.383. The molecule has 0 aliphatic heterocycles. The number of hydrogen-bond acceptors (Lipinski definition) is 3. The van der Waals surface area contributed by atoms with Crippen LogP contribution >= 0.6 is 11.6 Å². The van der Waals surface area contributed by atoms with Gasteiger partial charge in [0.15, 0.2) is 0 Å². The van der Waals surface area contributed by atoms with Crippen molar-refractivity contribution >= 4 is 39.4 Å². The van der Waals surface area contributed by atoms with Gasteiger partial charge in [-0.25, -0.2) is 9.78 Å². The average Bonchev–Trinajstić information content (AvgIpc) is 2.46. The molecule has 19 heavy (non-hydrogen) atoms. The molecule has 1 heterocycles. The summed E-state index contributed by atoms with van der Waals surface area (Å²) in [5, 5.41) is 2.23. The maximum atomic E-state index is 11.5. The van der Waals surface area contributed by atoms with Crippen LogP contribution in [-0.4, -0.2) is 18.1 Å². The van der Waals surface area contributed by atoms with Crippen molar-refractivity contribution in [2.24, 2.45) is 0 Å². The molecule has 0 aliphatic carbocycles. The van der Waals surface area contributed by atoms with Crippen LogP contribution in [-0.2, 0) is 4.74 Å². The Bertz CT molecular complexity index is 799. The van der Waals surface area contributed by atoms with E-state index in [-0.39, 0.29) is 5.97 Å². The second-order valence-electron chi connectivity index (χ2n) is 4.17. The first-order valence-electron chi connectivity index (χ1n) is 5.77. The summed E-state index contributed by atoms with van der Waals surface area (Å²) in [6.07, 6.45) is 0. The van der Waals surface area contributed by atoms with E-state index >= 15 is 0 Å². The van der Waals surface area contributed by atoms with Gasteiger partial charge in [-0.2, -0.15) is 0 Å². The number of esters is 1.